The Hall–Kier alpha value is -2.69. The van der Waals surface area contributed by atoms with Gasteiger partial charge in [-0.25, -0.2) is 15.0 Å². The first-order valence-electron chi connectivity index (χ1n) is 5.51. The largest absolute Gasteiger partial charge is 0.384 e. The number of nitrogen functional groups attached to an aromatic ring is 1. The van der Waals surface area contributed by atoms with Gasteiger partial charge in [0.25, 0.3) is 0 Å². The van der Waals surface area contributed by atoms with Gasteiger partial charge in [0.1, 0.15) is 18.0 Å². The van der Waals surface area contributed by atoms with Crippen molar-refractivity contribution in [2.24, 2.45) is 0 Å². The molecule has 2 N–H and O–H groups in total. The quantitative estimate of drug-likeness (QED) is 0.739. The molecule has 2 heterocycles. The van der Waals surface area contributed by atoms with E-state index in [4.69, 9.17) is 5.73 Å². The highest BCUT2D eigenvalue weighted by Crippen LogP contribution is 2.17. The summed E-state index contributed by atoms with van der Waals surface area (Å²) in [5, 5.41) is 0. The summed E-state index contributed by atoms with van der Waals surface area (Å²) in [6.45, 7) is 0. The number of hydrogen-bond acceptors (Lipinski definition) is 4. The minimum Gasteiger partial charge on any atom is -0.384 e. The van der Waals surface area contributed by atoms with Crippen LogP contribution in [0.15, 0.2) is 55.1 Å². The Bertz CT molecular complexity index is 646. The molecule has 0 amide bonds. The van der Waals surface area contributed by atoms with Gasteiger partial charge in [0.05, 0.1) is 0 Å². The number of aromatic nitrogens is 4. The molecule has 0 bridgehead atoms. The molecule has 0 aliphatic heterocycles. The fraction of sp³-hybridized carbons (Fsp3) is 0. The van der Waals surface area contributed by atoms with Gasteiger partial charge in [-0.15, -0.1) is 0 Å². The van der Waals surface area contributed by atoms with Crippen molar-refractivity contribution in [1.82, 2.24) is 19.5 Å². The highest BCUT2D eigenvalue weighted by atomic mass is 15.1. The highest BCUT2D eigenvalue weighted by Gasteiger charge is 2.06. The minimum atomic E-state index is 0.438. The number of imidazole rings is 1. The van der Waals surface area contributed by atoms with E-state index >= 15 is 0 Å². The number of benzene rings is 1. The molecule has 88 valence electrons. The topological polar surface area (TPSA) is 69.6 Å². The number of anilines is 1. The molecule has 0 saturated heterocycles. The van der Waals surface area contributed by atoms with E-state index in [2.05, 4.69) is 15.0 Å². The summed E-state index contributed by atoms with van der Waals surface area (Å²) in [5.41, 5.74) is 6.75. The Balaban J connectivity index is 2.12. The average Bonchev–Trinajstić information content (AvgIpc) is 2.93. The first-order valence-corrected chi connectivity index (χ1v) is 5.51. The second kappa shape index (κ2) is 4.29. The monoisotopic (exact) mass is 237 g/mol. The first kappa shape index (κ1) is 10.5. The van der Waals surface area contributed by atoms with Crippen LogP contribution in [-0.2, 0) is 0 Å². The lowest BCUT2D eigenvalue weighted by Gasteiger charge is -2.06. The van der Waals surface area contributed by atoms with Crippen molar-refractivity contribution in [3.05, 3.63) is 55.1 Å². The molecular formula is C13H11N5. The maximum atomic E-state index is 5.82. The number of nitrogens with zero attached hydrogens (tertiary/aromatic N) is 4. The smallest absolute Gasteiger partial charge is 0.163 e. The summed E-state index contributed by atoms with van der Waals surface area (Å²) in [4.78, 5) is 12.7. The molecule has 1 aromatic carbocycles. The summed E-state index contributed by atoms with van der Waals surface area (Å²) in [6, 6.07) is 11.5. The average molecular weight is 237 g/mol. The van der Waals surface area contributed by atoms with E-state index in [0.29, 0.717) is 17.5 Å². The van der Waals surface area contributed by atoms with E-state index < -0.39 is 0 Å². The van der Waals surface area contributed by atoms with Gasteiger partial charge in [0.2, 0.25) is 0 Å². The van der Waals surface area contributed by atoms with Crippen LogP contribution in [0, 0.1) is 0 Å². The van der Waals surface area contributed by atoms with Crippen molar-refractivity contribution in [2.45, 2.75) is 0 Å². The fourth-order valence-electron chi connectivity index (χ4n) is 1.70. The molecule has 0 spiro atoms. The second-order valence-electron chi connectivity index (χ2n) is 3.81. The van der Waals surface area contributed by atoms with E-state index in [1.807, 2.05) is 36.5 Å². The molecule has 0 radical (unpaired) electrons. The van der Waals surface area contributed by atoms with Crippen LogP contribution in [0.4, 0.5) is 5.82 Å². The molecule has 0 atom stereocenters. The Morgan fingerprint density at radius 2 is 1.89 bits per heavy atom. The molecule has 5 heteroatoms. The van der Waals surface area contributed by atoms with Crippen LogP contribution >= 0.6 is 0 Å². The highest BCUT2D eigenvalue weighted by molar-refractivity contribution is 5.58. The van der Waals surface area contributed by atoms with Crippen LogP contribution in [-0.4, -0.2) is 19.5 Å². The lowest BCUT2D eigenvalue weighted by Crippen LogP contribution is -2.02. The van der Waals surface area contributed by atoms with Gasteiger partial charge in [-0.2, -0.15) is 0 Å². The van der Waals surface area contributed by atoms with Crippen LogP contribution in [0.25, 0.3) is 17.2 Å². The van der Waals surface area contributed by atoms with E-state index in [1.165, 1.54) is 0 Å². The number of rotatable bonds is 2. The predicted octanol–water partition coefficient (Wildman–Crippen LogP) is 1.91. The zero-order chi connectivity index (χ0) is 12.4. The minimum absolute atomic E-state index is 0.438. The zero-order valence-corrected chi connectivity index (χ0v) is 9.56. The van der Waals surface area contributed by atoms with Gasteiger partial charge in [0, 0.05) is 24.0 Å². The molecular weight excluding hydrogens is 226 g/mol. The second-order valence-corrected chi connectivity index (χ2v) is 3.81. The van der Waals surface area contributed by atoms with Crippen LogP contribution in [0.3, 0.4) is 0 Å². The third kappa shape index (κ3) is 1.93. The third-order valence-corrected chi connectivity index (χ3v) is 2.53. The molecule has 0 aliphatic rings. The summed E-state index contributed by atoms with van der Waals surface area (Å²) < 4.78 is 1.80. The first-order chi connectivity index (χ1) is 8.83. The lowest BCUT2D eigenvalue weighted by molar-refractivity contribution is 0.978. The molecule has 5 nitrogen and oxygen atoms in total. The van der Waals surface area contributed by atoms with Crippen molar-refractivity contribution < 1.29 is 0 Å². The van der Waals surface area contributed by atoms with Gasteiger partial charge < -0.3 is 5.73 Å². The molecule has 3 rings (SSSR count). The van der Waals surface area contributed by atoms with Crippen LogP contribution < -0.4 is 5.73 Å². The molecule has 0 unspecified atom stereocenters. The standard InChI is InChI=1S/C13H11N5/c14-11-8-12(18-7-6-15-9-18)17-13(16-11)10-4-2-1-3-5-10/h1-9H,(H2,14,16,17). The maximum Gasteiger partial charge on any atom is 0.163 e. The van der Waals surface area contributed by atoms with Gasteiger partial charge in [0.15, 0.2) is 5.82 Å². The summed E-state index contributed by atoms with van der Waals surface area (Å²) in [5.74, 6) is 1.76. The molecule has 18 heavy (non-hydrogen) atoms. The Morgan fingerprint density at radius 3 is 2.61 bits per heavy atom. The molecule has 2 aromatic heterocycles. The molecule has 3 aromatic rings. The molecule has 0 saturated carbocycles. The lowest BCUT2D eigenvalue weighted by atomic mass is 10.2. The SMILES string of the molecule is Nc1cc(-n2ccnc2)nc(-c2ccccc2)n1. The maximum absolute atomic E-state index is 5.82. The molecule has 0 fully saturated rings. The van der Waals surface area contributed by atoms with Crippen LogP contribution in [0.2, 0.25) is 0 Å². The number of hydrogen-bond donors (Lipinski definition) is 1. The Labute approximate surface area is 104 Å². The zero-order valence-electron chi connectivity index (χ0n) is 9.56. The van der Waals surface area contributed by atoms with Crippen molar-refractivity contribution in [2.75, 3.05) is 5.73 Å². The van der Waals surface area contributed by atoms with E-state index in [0.717, 1.165) is 5.56 Å². The van der Waals surface area contributed by atoms with Crippen LogP contribution in [0.5, 0.6) is 0 Å². The van der Waals surface area contributed by atoms with Crippen LogP contribution in [0.1, 0.15) is 0 Å². The predicted molar refractivity (Wildman–Crippen MR) is 69.0 cm³/mol. The van der Waals surface area contributed by atoms with Crippen molar-refractivity contribution in [3.63, 3.8) is 0 Å². The normalized spacial score (nSPS) is 10.4. The van der Waals surface area contributed by atoms with Gasteiger partial charge in [-0.05, 0) is 0 Å². The Morgan fingerprint density at radius 1 is 1.06 bits per heavy atom. The number of nitrogens with two attached hydrogens (primary N) is 1. The summed E-state index contributed by atoms with van der Waals surface area (Å²) in [6.07, 6.45) is 5.19. The summed E-state index contributed by atoms with van der Waals surface area (Å²) in [7, 11) is 0. The van der Waals surface area contributed by atoms with Crippen molar-refractivity contribution in [1.29, 1.82) is 0 Å². The van der Waals surface area contributed by atoms with Gasteiger partial charge >= 0.3 is 0 Å². The third-order valence-electron chi connectivity index (χ3n) is 2.53. The molecule has 0 aliphatic carbocycles. The Kier molecular flexibility index (Phi) is 2.49. The summed E-state index contributed by atoms with van der Waals surface area (Å²) >= 11 is 0. The van der Waals surface area contributed by atoms with Crippen molar-refractivity contribution >= 4 is 5.82 Å². The van der Waals surface area contributed by atoms with E-state index in [1.54, 1.807) is 23.2 Å². The van der Waals surface area contributed by atoms with Crippen molar-refractivity contribution in [3.8, 4) is 17.2 Å². The van der Waals surface area contributed by atoms with E-state index in [9.17, 15) is 0 Å². The van der Waals surface area contributed by atoms with Gasteiger partial charge in [-0.3, -0.25) is 4.57 Å². The fourth-order valence-corrected chi connectivity index (χ4v) is 1.70. The van der Waals surface area contributed by atoms with E-state index in [-0.39, 0.29) is 0 Å². The van der Waals surface area contributed by atoms with Gasteiger partial charge in [-0.1, -0.05) is 30.3 Å².